The largest absolute Gasteiger partial charge is 0.434 e. The maximum Gasteiger partial charge on any atom is 0.434 e. The van der Waals surface area contributed by atoms with Crippen LogP contribution in [0, 0.1) is 0 Å². The second kappa shape index (κ2) is 4.13. The molecule has 70 valence electrons. The maximum atomic E-state index is 11.7. The highest BCUT2D eigenvalue weighted by molar-refractivity contribution is 5.00. The molecule has 1 aromatic heterocycles. The van der Waals surface area contributed by atoms with Gasteiger partial charge in [-0.1, -0.05) is 13.8 Å². The molecule has 0 aliphatic rings. The maximum absolute atomic E-state index is 11.7. The Hall–Kier alpha value is -1.00. The van der Waals surface area contributed by atoms with E-state index in [4.69, 9.17) is 0 Å². The van der Waals surface area contributed by atoms with Crippen LogP contribution >= 0.6 is 0 Å². The molecule has 0 N–H and O–H groups in total. The fraction of sp³-hybridized carbons (Fsp3) is 0.571. The van der Waals surface area contributed by atoms with E-state index in [0.717, 1.165) is 12.5 Å². The number of hydrogen-bond donors (Lipinski definition) is 0. The van der Waals surface area contributed by atoms with E-state index in [1.165, 1.54) is 11.6 Å². The molecule has 0 saturated carbocycles. The van der Waals surface area contributed by atoms with Crippen LogP contribution in [0.25, 0.3) is 0 Å². The van der Waals surface area contributed by atoms with Gasteiger partial charge in [0.25, 0.3) is 0 Å². The molecule has 0 spiro atoms. The lowest BCUT2D eigenvalue weighted by molar-refractivity contribution is -0.140. The number of aromatic nitrogens is 2. The summed E-state index contributed by atoms with van der Waals surface area (Å²) in [6.45, 7) is 4.00. The first kappa shape index (κ1) is 11.0. The molecule has 12 heavy (non-hydrogen) atoms. The van der Waals surface area contributed by atoms with Gasteiger partial charge in [0.05, 0.1) is 6.33 Å². The summed E-state index contributed by atoms with van der Waals surface area (Å²) in [5, 5.41) is 0. The third kappa shape index (κ3) is 2.94. The van der Waals surface area contributed by atoms with Crippen molar-refractivity contribution in [3.05, 3.63) is 18.2 Å². The average Bonchev–Trinajstić information content (AvgIpc) is 2.39. The van der Waals surface area contributed by atoms with Crippen LogP contribution in [0.1, 0.15) is 19.5 Å². The van der Waals surface area contributed by atoms with Crippen LogP contribution in [0.3, 0.4) is 0 Å². The topological polar surface area (TPSA) is 17.8 Å². The number of alkyl halides is 3. The van der Waals surface area contributed by atoms with Crippen molar-refractivity contribution in [3.8, 4) is 0 Å². The summed E-state index contributed by atoms with van der Waals surface area (Å²) in [6.07, 6.45) is -2.27. The monoisotopic (exact) mass is 180 g/mol. The Labute approximate surface area is 69.0 Å². The molecule has 0 atom stereocenters. The summed E-state index contributed by atoms with van der Waals surface area (Å²) < 4.78 is 36.4. The summed E-state index contributed by atoms with van der Waals surface area (Å²) in [6, 6.07) is 0. The molecule has 1 heterocycles. The molecule has 0 saturated heterocycles. The van der Waals surface area contributed by atoms with Gasteiger partial charge in [0.2, 0.25) is 0 Å². The number of imidazole rings is 1. The van der Waals surface area contributed by atoms with Gasteiger partial charge in [0.1, 0.15) is 0 Å². The van der Waals surface area contributed by atoms with E-state index in [-0.39, 0.29) is 0 Å². The molecule has 1 rings (SSSR count). The van der Waals surface area contributed by atoms with Crippen molar-refractivity contribution in [2.45, 2.75) is 20.0 Å². The zero-order valence-electron chi connectivity index (χ0n) is 7.18. The number of halogens is 3. The Kier molecular flexibility index (Phi) is 3.79. The van der Waals surface area contributed by atoms with E-state index in [2.05, 4.69) is 4.98 Å². The zero-order chi connectivity index (χ0) is 9.78. The van der Waals surface area contributed by atoms with Crippen LogP contribution in [-0.4, -0.2) is 9.55 Å². The molecule has 0 radical (unpaired) electrons. The van der Waals surface area contributed by atoms with Crippen molar-refractivity contribution in [1.29, 1.82) is 0 Å². The number of aryl methyl sites for hydroxylation is 1. The Balaban J connectivity index is 0.000000561. The average molecular weight is 180 g/mol. The summed E-state index contributed by atoms with van der Waals surface area (Å²) in [5.41, 5.74) is -0.852. The SMILES string of the molecule is CC.Cn1cnc(C(F)(F)F)c1. The van der Waals surface area contributed by atoms with Crippen molar-refractivity contribution >= 4 is 0 Å². The smallest absolute Gasteiger partial charge is 0.340 e. The lowest BCUT2D eigenvalue weighted by atomic mass is 10.5. The van der Waals surface area contributed by atoms with Crippen molar-refractivity contribution in [1.82, 2.24) is 9.55 Å². The Morgan fingerprint density at radius 1 is 1.33 bits per heavy atom. The highest BCUT2D eigenvalue weighted by Crippen LogP contribution is 2.26. The predicted molar refractivity (Wildman–Crippen MR) is 39.6 cm³/mol. The third-order valence-corrected chi connectivity index (χ3v) is 0.995. The predicted octanol–water partition coefficient (Wildman–Crippen LogP) is 2.47. The molecule has 0 aromatic carbocycles. The molecule has 0 amide bonds. The van der Waals surface area contributed by atoms with Crippen molar-refractivity contribution in [3.63, 3.8) is 0 Å². The Morgan fingerprint density at radius 3 is 2.00 bits per heavy atom. The first-order valence-electron chi connectivity index (χ1n) is 3.55. The first-order chi connectivity index (χ1) is 5.50. The molecule has 0 aliphatic carbocycles. The van der Waals surface area contributed by atoms with Crippen LogP contribution in [0.2, 0.25) is 0 Å². The van der Waals surface area contributed by atoms with Gasteiger partial charge in [-0.05, 0) is 0 Å². The standard InChI is InChI=1S/C5H5F3N2.C2H6/c1-10-2-4(9-3-10)5(6,7)8;1-2/h2-3H,1H3;1-2H3. The van der Waals surface area contributed by atoms with Crippen molar-refractivity contribution in [2.75, 3.05) is 0 Å². The van der Waals surface area contributed by atoms with Gasteiger partial charge >= 0.3 is 6.18 Å². The normalized spacial score (nSPS) is 10.5. The van der Waals surface area contributed by atoms with E-state index in [1.54, 1.807) is 0 Å². The summed E-state index contributed by atoms with van der Waals surface area (Å²) in [7, 11) is 1.49. The van der Waals surface area contributed by atoms with Gasteiger partial charge in [-0.3, -0.25) is 0 Å². The molecule has 2 nitrogen and oxygen atoms in total. The lowest BCUT2D eigenvalue weighted by Gasteiger charge is -1.98. The van der Waals surface area contributed by atoms with Crippen LogP contribution in [0.15, 0.2) is 12.5 Å². The van der Waals surface area contributed by atoms with E-state index in [9.17, 15) is 13.2 Å². The van der Waals surface area contributed by atoms with Crippen LogP contribution in [0.5, 0.6) is 0 Å². The fourth-order valence-corrected chi connectivity index (χ4v) is 0.559. The minimum absolute atomic E-state index is 0.852. The fourth-order valence-electron chi connectivity index (χ4n) is 0.559. The second-order valence-electron chi connectivity index (χ2n) is 1.92. The lowest BCUT2D eigenvalue weighted by Crippen LogP contribution is -2.04. The highest BCUT2D eigenvalue weighted by Gasteiger charge is 2.32. The van der Waals surface area contributed by atoms with Crippen LogP contribution in [0.4, 0.5) is 13.2 Å². The van der Waals surface area contributed by atoms with E-state index >= 15 is 0 Å². The van der Waals surface area contributed by atoms with E-state index < -0.39 is 11.9 Å². The molecule has 0 fully saturated rings. The van der Waals surface area contributed by atoms with Gasteiger partial charge < -0.3 is 4.57 Å². The van der Waals surface area contributed by atoms with Crippen molar-refractivity contribution < 1.29 is 13.2 Å². The van der Waals surface area contributed by atoms with Gasteiger partial charge in [0, 0.05) is 13.2 Å². The van der Waals surface area contributed by atoms with Gasteiger partial charge in [-0.25, -0.2) is 4.98 Å². The molecule has 0 bridgehead atoms. The Bertz CT molecular complexity index is 227. The van der Waals surface area contributed by atoms with Crippen molar-refractivity contribution in [2.24, 2.45) is 7.05 Å². The quantitative estimate of drug-likeness (QED) is 0.599. The minimum Gasteiger partial charge on any atom is -0.340 e. The molecule has 0 unspecified atom stereocenters. The zero-order valence-corrected chi connectivity index (χ0v) is 7.18. The van der Waals surface area contributed by atoms with Gasteiger partial charge in [0.15, 0.2) is 5.69 Å². The number of nitrogens with zero attached hydrogens (tertiary/aromatic N) is 2. The van der Waals surface area contributed by atoms with E-state index in [0.29, 0.717) is 0 Å². The first-order valence-corrected chi connectivity index (χ1v) is 3.55. The third-order valence-electron chi connectivity index (χ3n) is 0.995. The highest BCUT2D eigenvalue weighted by atomic mass is 19.4. The molecular weight excluding hydrogens is 169 g/mol. The molecular formula is C7H11F3N2. The van der Waals surface area contributed by atoms with Crippen LogP contribution < -0.4 is 0 Å². The number of hydrogen-bond acceptors (Lipinski definition) is 1. The summed E-state index contributed by atoms with van der Waals surface area (Å²) >= 11 is 0. The summed E-state index contributed by atoms with van der Waals surface area (Å²) in [4.78, 5) is 3.12. The molecule has 1 aromatic rings. The molecule has 0 aliphatic heterocycles. The molecule has 5 heteroatoms. The Morgan fingerprint density at radius 2 is 1.83 bits per heavy atom. The van der Waals surface area contributed by atoms with Gasteiger partial charge in [-0.2, -0.15) is 13.2 Å². The minimum atomic E-state index is -4.32. The van der Waals surface area contributed by atoms with E-state index in [1.807, 2.05) is 13.8 Å². The second-order valence-corrected chi connectivity index (χ2v) is 1.92. The number of rotatable bonds is 0. The van der Waals surface area contributed by atoms with Crippen LogP contribution in [-0.2, 0) is 13.2 Å². The van der Waals surface area contributed by atoms with Gasteiger partial charge in [-0.15, -0.1) is 0 Å². The summed E-state index contributed by atoms with van der Waals surface area (Å²) in [5.74, 6) is 0.